The molecule has 0 fully saturated rings. The molecule has 3 heterocycles. The van der Waals surface area contributed by atoms with Crippen molar-refractivity contribution in [1.82, 2.24) is 9.97 Å². The van der Waals surface area contributed by atoms with Crippen LogP contribution in [0.3, 0.4) is 0 Å². The monoisotopic (exact) mass is 510 g/mol. The number of aryl methyl sites for hydroxylation is 1. The first-order valence-corrected chi connectivity index (χ1v) is 12.1. The van der Waals surface area contributed by atoms with Crippen LogP contribution >= 0.6 is 0 Å². The number of benzene rings is 1. The Morgan fingerprint density at radius 3 is 2.65 bits per heavy atom. The van der Waals surface area contributed by atoms with E-state index in [1.165, 1.54) is 19.3 Å². The summed E-state index contributed by atoms with van der Waals surface area (Å²) in [4.78, 5) is 32.0. The highest BCUT2D eigenvalue weighted by Crippen LogP contribution is 2.44. The maximum absolute atomic E-state index is 15.4. The molecule has 37 heavy (non-hydrogen) atoms. The SMILES string of the molecule is COC(=O)[C@@H](OC(C)(C)C)c1c(C)nc2[nH]c(/C=C/C(=O)O)cc2c1-c1cc(F)c2c(c1C)CCCO2. The second-order valence-corrected chi connectivity index (χ2v) is 10.1. The van der Waals surface area contributed by atoms with Crippen LogP contribution in [0.5, 0.6) is 5.75 Å². The van der Waals surface area contributed by atoms with Crippen molar-refractivity contribution in [3.63, 3.8) is 0 Å². The van der Waals surface area contributed by atoms with Crippen LogP contribution in [-0.2, 0) is 25.5 Å². The Labute approximate surface area is 214 Å². The zero-order valence-corrected chi connectivity index (χ0v) is 21.8. The van der Waals surface area contributed by atoms with E-state index in [2.05, 4.69) is 9.97 Å². The molecule has 4 rings (SSSR count). The number of methoxy groups -OCH3 is 1. The van der Waals surface area contributed by atoms with Crippen molar-refractivity contribution in [3.8, 4) is 16.9 Å². The number of H-pyrrole nitrogens is 1. The van der Waals surface area contributed by atoms with E-state index in [1.54, 1.807) is 13.0 Å². The first-order valence-electron chi connectivity index (χ1n) is 12.1. The number of aromatic amines is 1. The van der Waals surface area contributed by atoms with Crippen LogP contribution in [0.2, 0.25) is 0 Å². The molecule has 0 amide bonds. The molecule has 0 saturated carbocycles. The van der Waals surface area contributed by atoms with Gasteiger partial charge in [0.15, 0.2) is 17.7 Å². The van der Waals surface area contributed by atoms with Gasteiger partial charge in [0.2, 0.25) is 0 Å². The van der Waals surface area contributed by atoms with E-state index < -0.39 is 29.5 Å². The third kappa shape index (κ3) is 5.22. The zero-order chi connectivity index (χ0) is 27.1. The van der Waals surface area contributed by atoms with Gasteiger partial charge in [-0.25, -0.2) is 19.0 Å². The molecular formula is C28H31FN2O6. The first-order chi connectivity index (χ1) is 17.4. The molecule has 196 valence electrons. The molecule has 1 aromatic carbocycles. The molecule has 0 spiro atoms. The molecule has 0 saturated heterocycles. The molecule has 1 aliphatic heterocycles. The number of hydrogen-bond donors (Lipinski definition) is 2. The van der Waals surface area contributed by atoms with Gasteiger partial charge in [-0.2, -0.15) is 0 Å². The van der Waals surface area contributed by atoms with Crippen molar-refractivity contribution in [2.75, 3.05) is 13.7 Å². The number of carbonyl (C=O) groups excluding carboxylic acids is 1. The molecular weight excluding hydrogens is 479 g/mol. The van der Waals surface area contributed by atoms with Crippen molar-refractivity contribution in [2.45, 2.75) is 59.2 Å². The minimum Gasteiger partial charge on any atom is -0.490 e. The second-order valence-electron chi connectivity index (χ2n) is 10.1. The second kappa shape index (κ2) is 9.97. The van der Waals surface area contributed by atoms with Crippen LogP contribution in [-0.4, -0.2) is 46.3 Å². The van der Waals surface area contributed by atoms with E-state index in [-0.39, 0.29) is 5.75 Å². The number of aromatic nitrogens is 2. The smallest absolute Gasteiger partial charge is 0.339 e. The number of carboxylic acids is 1. The average Bonchev–Trinajstić information content (AvgIpc) is 3.24. The third-order valence-electron chi connectivity index (χ3n) is 6.29. The molecule has 2 N–H and O–H groups in total. The molecule has 1 aliphatic rings. The predicted octanol–water partition coefficient (Wildman–Crippen LogP) is 5.44. The summed E-state index contributed by atoms with van der Waals surface area (Å²) in [5, 5.41) is 9.68. The number of nitrogens with one attached hydrogen (secondary N) is 1. The lowest BCUT2D eigenvalue weighted by atomic mass is 9.86. The van der Waals surface area contributed by atoms with Gasteiger partial charge in [-0.3, -0.25) is 0 Å². The number of carboxylic acid groups (broad SMARTS) is 1. The fourth-order valence-electron chi connectivity index (χ4n) is 4.76. The number of carbonyl (C=O) groups is 2. The van der Waals surface area contributed by atoms with Crippen molar-refractivity contribution < 1.29 is 33.3 Å². The highest BCUT2D eigenvalue weighted by Gasteiger charge is 2.34. The Morgan fingerprint density at radius 2 is 2.00 bits per heavy atom. The van der Waals surface area contributed by atoms with Crippen LogP contribution in [0.4, 0.5) is 4.39 Å². The highest BCUT2D eigenvalue weighted by molar-refractivity contribution is 6.00. The van der Waals surface area contributed by atoms with Crippen LogP contribution in [0.25, 0.3) is 28.2 Å². The molecule has 8 nitrogen and oxygen atoms in total. The Hall–Kier alpha value is -3.72. The van der Waals surface area contributed by atoms with Gasteiger partial charge >= 0.3 is 11.9 Å². The van der Waals surface area contributed by atoms with Gasteiger partial charge in [-0.05, 0) is 76.8 Å². The maximum atomic E-state index is 15.4. The van der Waals surface area contributed by atoms with E-state index in [0.717, 1.165) is 23.6 Å². The van der Waals surface area contributed by atoms with Gasteiger partial charge < -0.3 is 24.3 Å². The molecule has 0 bridgehead atoms. The highest BCUT2D eigenvalue weighted by atomic mass is 19.1. The van der Waals surface area contributed by atoms with E-state index in [9.17, 15) is 9.59 Å². The van der Waals surface area contributed by atoms with Crippen molar-refractivity contribution in [1.29, 1.82) is 0 Å². The molecule has 1 atom stereocenters. The Morgan fingerprint density at radius 1 is 1.27 bits per heavy atom. The summed E-state index contributed by atoms with van der Waals surface area (Å²) in [6, 6.07) is 3.15. The number of halogens is 1. The van der Waals surface area contributed by atoms with Gasteiger partial charge in [-0.15, -0.1) is 0 Å². The topological polar surface area (TPSA) is 111 Å². The van der Waals surface area contributed by atoms with Crippen molar-refractivity contribution in [3.05, 3.63) is 52.1 Å². The summed E-state index contributed by atoms with van der Waals surface area (Å²) in [6.07, 6.45) is 2.72. The number of pyridine rings is 1. The number of fused-ring (bicyclic) bond motifs is 2. The average molecular weight is 511 g/mol. The van der Waals surface area contributed by atoms with Crippen LogP contribution < -0.4 is 4.74 Å². The summed E-state index contributed by atoms with van der Waals surface area (Å²) in [5.74, 6) is -1.94. The van der Waals surface area contributed by atoms with Crippen LogP contribution in [0.15, 0.2) is 18.2 Å². The summed E-state index contributed by atoms with van der Waals surface area (Å²) < 4.78 is 32.3. The number of hydrogen-bond acceptors (Lipinski definition) is 6. The number of nitrogens with zero attached hydrogens (tertiary/aromatic N) is 1. The molecule has 0 radical (unpaired) electrons. The summed E-state index contributed by atoms with van der Waals surface area (Å²) >= 11 is 0. The summed E-state index contributed by atoms with van der Waals surface area (Å²) in [6.45, 7) is 9.60. The fraction of sp³-hybridized carbons (Fsp3) is 0.393. The Balaban J connectivity index is 2.10. The number of ether oxygens (including phenoxy) is 3. The largest absolute Gasteiger partial charge is 0.490 e. The zero-order valence-electron chi connectivity index (χ0n) is 21.8. The van der Waals surface area contributed by atoms with Crippen molar-refractivity contribution in [2.24, 2.45) is 0 Å². The van der Waals surface area contributed by atoms with Crippen LogP contribution in [0.1, 0.15) is 61.4 Å². The number of aliphatic carboxylic acids is 1. The first kappa shape index (κ1) is 26.3. The summed E-state index contributed by atoms with van der Waals surface area (Å²) in [7, 11) is 1.29. The maximum Gasteiger partial charge on any atom is 0.339 e. The van der Waals surface area contributed by atoms with Gasteiger partial charge in [-0.1, -0.05) is 0 Å². The lowest BCUT2D eigenvalue weighted by Gasteiger charge is -2.29. The molecule has 2 aromatic heterocycles. The summed E-state index contributed by atoms with van der Waals surface area (Å²) in [5.41, 5.74) is 3.95. The molecule has 0 aliphatic carbocycles. The van der Waals surface area contributed by atoms with E-state index >= 15 is 4.39 Å². The van der Waals surface area contributed by atoms with E-state index in [4.69, 9.17) is 19.3 Å². The lowest BCUT2D eigenvalue weighted by Crippen LogP contribution is -2.29. The predicted molar refractivity (Wildman–Crippen MR) is 137 cm³/mol. The number of esters is 1. The van der Waals surface area contributed by atoms with Gasteiger partial charge in [0.05, 0.1) is 19.3 Å². The molecule has 9 heteroatoms. The Kier molecular flexibility index (Phi) is 7.10. The third-order valence-corrected chi connectivity index (χ3v) is 6.29. The normalized spacial score (nSPS) is 14.5. The lowest BCUT2D eigenvalue weighted by molar-refractivity contribution is -0.164. The van der Waals surface area contributed by atoms with Gasteiger partial charge in [0.25, 0.3) is 0 Å². The number of rotatable bonds is 6. The minimum atomic E-state index is -1.14. The minimum absolute atomic E-state index is 0.255. The van der Waals surface area contributed by atoms with E-state index in [0.29, 0.717) is 52.1 Å². The fourth-order valence-corrected chi connectivity index (χ4v) is 4.76. The van der Waals surface area contributed by atoms with Gasteiger partial charge in [0.1, 0.15) is 5.65 Å². The van der Waals surface area contributed by atoms with Gasteiger partial charge in [0, 0.05) is 39.5 Å². The standard InChI is InChI=1S/C28H31FN2O6/c1-14-17-8-7-11-36-24(17)20(29)13-18(14)23-19-12-16(9-10-21(32)33)31-26(19)30-15(2)22(23)25(27(34)35-6)37-28(3,4)5/h9-10,12-13,25H,7-8,11H2,1-6H3,(H,30,31)(H,32,33)/b10-9+/t25-/m0/s1. The van der Waals surface area contributed by atoms with Crippen LogP contribution in [0, 0.1) is 19.7 Å². The van der Waals surface area contributed by atoms with E-state index in [1.807, 2.05) is 27.7 Å². The molecule has 3 aromatic rings. The molecule has 0 unspecified atom stereocenters. The van der Waals surface area contributed by atoms with Crippen molar-refractivity contribution >= 4 is 29.0 Å². The quantitative estimate of drug-likeness (QED) is 0.336. The Bertz CT molecular complexity index is 1420.